The number of fused-ring (bicyclic) bond motifs is 1. The van der Waals surface area contributed by atoms with E-state index in [2.05, 4.69) is 31.0 Å². The van der Waals surface area contributed by atoms with Crippen molar-refractivity contribution >= 4 is 16.7 Å². The Bertz CT molecular complexity index is 785. The van der Waals surface area contributed by atoms with Crippen molar-refractivity contribution < 1.29 is 4.74 Å². The van der Waals surface area contributed by atoms with Gasteiger partial charge in [0.1, 0.15) is 23.7 Å². The van der Waals surface area contributed by atoms with Crippen LogP contribution in [0.2, 0.25) is 0 Å². The number of nitrogens with zero attached hydrogens (tertiary/aromatic N) is 2. The number of hydrogen-bond donors (Lipinski definition) is 1. The van der Waals surface area contributed by atoms with Crippen LogP contribution in [0.1, 0.15) is 17.0 Å². The molecule has 0 amide bonds. The number of aromatic nitrogens is 2. The molecular weight excluding hydrogens is 262 g/mol. The molecule has 0 radical (unpaired) electrons. The van der Waals surface area contributed by atoms with E-state index in [0.29, 0.717) is 12.3 Å². The van der Waals surface area contributed by atoms with Crippen LogP contribution in [-0.2, 0) is 13.7 Å². The van der Waals surface area contributed by atoms with E-state index in [0.717, 1.165) is 33.7 Å². The number of nitrogens with two attached hydrogens (primary N) is 1. The highest BCUT2D eigenvalue weighted by Gasteiger charge is 2.11. The predicted octanol–water partition coefficient (Wildman–Crippen LogP) is 3.35. The molecule has 0 saturated heterocycles. The monoisotopic (exact) mass is 281 g/mol. The van der Waals surface area contributed by atoms with Crippen LogP contribution in [0.3, 0.4) is 0 Å². The number of anilines is 1. The van der Waals surface area contributed by atoms with E-state index in [4.69, 9.17) is 10.5 Å². The van der Waals surface area contributed by atoms with E-state index in [1.54, 1.807) is 0 Å². The molecule has 0 fully saturated rings. The van der Waals surface area contributed by atoms with E-state index >= 15 is 0 Å². The number of rotatable bonds is 3. The van der Waals surface area contributed by atoms with Gasteiger partial charge in [-0.2, -0.15) is 0 Å². The number of aryl methyl sites for hydroxylation is 3. The molecule has 3 aromatic rings. The second kappa shape index (κ2) is 5.13. The van der Waals surface area contributed by atoms with E-state index < -0.39 is 0 Å². The SMILES string of the molecule is Cc1cccc(C)c1OCc1nc2c(N)cccc2n1C. The van der Waals surface area contributed by atoms with Crippen molar-refractivity contribution in [2.75, 3.05) is 5.73 Å². The molecule has 2 aromatic carbocycles. The Hall–Kier alpha value is -2.49. The standard InChI is InChI=1S/C17H19N3O/c1-11-6-4-7-12(2)17(11)21-10-15-19-16-13(18)8-5-9-14(16)20(15)3/h4-9H,10,18H2,1-3H3. The van der Waals surface area contributed by atoms with Crippen molar-refractivity contribution in [3.8, 4) is 5.75 Å². The Morgan fingerprint density at radius 1 is 1.10 bits per heavy atom. The van der Waals surface area contributed by atoms with Crippen molar-refractivity contribution in [3.63, 3.8) is 0 Å². The fourth-order valence-corrected chi connectivity index (χ4v) is 2.58. The summed E-state index contributed by atoms with van der Waals surface area (Å²) in [6.07, 6.45) is 0. The zero-order valence-corrected chi connectivity index (χ0v) is 12.6. The summed E-state index contributed by atoms with van der Waals surface area (Å²) in [4.78, 5) is 4.60. The molecule has 0 unspecified atom stereocenters. The summed E-state index contributed by atoms with van der Waals surface area (Å²) in [5, 5.41) is 0. The minimum Gasteiger partial charge on any atom is -0.485 e. The van der Waals surface area contributed by atoms with Crippen molar-refractivity contribution in [2.45, 2.75) is 20.5 Å². The van der Waals surface area contributed by atoms with Gasteiger partial charge in [-0.05, 0) is 37.1 Å². The average Bonchev–Trinajstić information content (AvgIpc) is 2.77. The van der Waals surface area contributed by atoms with Crippen LogP contribution >= 0.6 is 0 Å². The molecule has 0 aliphatic rings. The number of imidazole rings is 1. The van der Waals surface area contributed by atoms with Gasteiger partial charge in [0.15, 0.2) is 0 Å². The van der Waals surface area contributed by atoms with Crippen molar-refractivity contribution in [3.05, 3.63) is 53.3 Å². The smallest absolute Gasteiger partial charge is 0.147 e. The molecule has 4 nitrogen and oxygen atoms in total. The van der Waals surface area contributed by atoms with Gasteiger partial charge in [0.05, 0.1) is 11.2 Å². The van der Waals surface area contributed by atoms with E-state index in [1.165, 1.54) is 0 Å². The maximum absolute atomic E-state index is 5.98. The molecule has 0 bridgehead atoms. The first kappa shape index (κ1) is 13.5. The largest absolute Gasteiger partial charge is 0.485 e. The van der Waals surface area contributed by atoms with E-state index in [9.17, 15) is 0 Å². The van der Waals surface area contributed by atoms with Crippen LogP contribution in [0.15, 0.2) is 36.4 Å². The van der Waals surface area contributed by atoms with Crippen LogP contribution in [0.4, 0.5) is 5.69 Å². The first-order valence-corrected chi connectivity index (χ1v) is 6.96. The Kier molecular flexibility index (Phi) is 3.29. The Morgan fingerprint density at radius 3 is 2.43 bits per heavy atom. The van der Waals surface area contributed by atoms with Gasteiger partial charge < -0.3 is 15.0 Å². The second-order valence-corrected chi connectivity index (χ2v) is 5.31. The van der Waals surface area contributed by atoms with Gasteiger partial charge in [-0.3, -0.25) is 0 Å². The van der Waals surface area contributed by atoms with Gasteiger partial charge >= 0.3 is 0 Å². The number of hydrogen-bond acceptors (Lipinski definition) is 3. The minimum atomic E-state index is 0.427. The maximum atomic E-state index is 5.98. The molecular formula is C17H19N3O. The molecule has 0 atom stereocenters. The fraction of sp³-hybridized carbons (Fsp3) is 0.235. The van der Waals surface area contributed by atoms with Gasteiger partial charge in [0.25, 0.3) is 0 Å². The minimum absolute atomic E-state index is 0.427. The lowest BCUT2D eigenvalue weighted by molar-refractivity contribution is 0.288. The normalized spacial score (nSPS) is 11.0. The summed E-state index contributed by atoms with van der Waals surface area (Å²) < 4.78 is 8.01. The van der Waals surface area contributed by atoms with Gasteiger partial charge in [-0.25, -0.2) is 4.98 Å². The quantitative estimate of drug-likeness (QED) is 0.749. The third-order valence-corrected chi connectivity index (χ3v) is 3.79. The number of ether oxygens (including phenoxy) is 1. The molecule has 21 heavy (non-hydrogen) atoms. The third kappa shape index (κ3) is 2.33. The van der Waals surface area contributed by atoms with Crippen molar-refractivity contribution in [1.29, 1.82) is 0 Å². The molecule has 0 aliphatic carbocycles. The van der Waals surface area contributed by atoms with Crippen LogP contribution in [-0.4, -0.2) is 9.55 Å². The summed E-state index contributed by atoms with van der Waals surface area (Å²) in [5.41, 5.74) is 10.8. The van der Waals surface area contributed by atoms with Crippen LogP contribution < -0.4 is 10.5 Å². The summed E-state index contributed by atoms with van der Waals surface area (Å²) >= 11 is 0. The van der Waals surface area contributed by atoms with Gasteiger partial charge in [0.2, 0.25) is 0 Å². The lowest BCUT2D eigenvalue weighted by Crippen LogP contribution is -2.05. The molecule has 3 rings (SSSR count). The third-order valence-electron chi connectivity index (χ3n) is 3.79. The summed E-state index contributed by atoms with van der Waals surface area (Å²) in [5.74, 6) is 1.79. The van der Waals surface area contributed by atoms with E-state index in [1.807, 2.05) is 35.9 Å². The Balaban J connectivity index is 1.92. The molecule has 2 N–H and O–H groups in total. The summed E-state index contributed by atoms with van der Waals surface area (Å²) in [7, 11) is 1.98. The van der Waals surface area contributed by atoms with Gasteiger partial charge in [0, 0.05) is 7.05 Å². The molecule has 108 valence electrons. The molecule has 1 heterocycles. The van der Waals surface area contributed by atoms with Crippen LogP contribution in [0.25, 0.3) is 11.0 Å². The lowest BCUT2D eigenvalue weighted by Gasteiger charge is -2.11. The van der Waals surface area contributed by atoms with Gasteiger partial charge in [-0.15, -0.1) is 0 Å². The molecule has 0 aliphatic heterocycles. The molecule has 4 heteroatoms. The lowest BCUT2D eigenvalue weighted by atomic mass is 10.1. The average molecular weight is 281 g/mol. The first-order valence-electron chi connectivity index (χ1n) is 6.96. The highest BCUT2D eigenvalue weighted by atomic mass is 16.5. The highest BCUT2D eigenvalue weighted by molar-refractivity contribution is 5.87. The highest BCUT2D eigenvalue weighted by Crippen LogP contribution is 2.25. The van der Waals surface area contributed by atoms with Crippen LogP contribution in [0, 0.1) is 13.8 Å². The Morgan fingerprint density at radius 2 is 1.76 bits per heavy atom. The first-order chi connectivity index (χ1) is 10.1. The van der Waals surface area contributed by atoms with Crippen LogP contribution in [0.5, 0.6) is 5.75 Å². The molecule has 1 aromatic heterocycles. The zero-order chi connectivity index (χ0) is 15.0. The zero-order valence-electron chi connectivity index (χ0n) is 12.6. The Labute approximate surface area is 124 Å². The summed E-state index contributed by atoms with van der Waals surface area (Å²) in [6.45, 7) is 4.53. The topological polar surface area (TPSA) is 53.1 Å². The second-order valence-electron chi connectivity index (χ2n) is 5.31. The molecule has 0 spiro atoms. The number of para-hydroxylation sites is 2. The summed E-state index contributed by atoms with van der Waals surface area (Å²) in [6, 6.07) is 12.0. The maximum Gasteiger partial charge on any atom is 0.147 e. The number of nitrogen functional groups attached to an aromatic ring is 1. The van der Waals surface area contributed by atoms with Crippen molar-refractivity contribution in [1.82, 2.24) is 9.55 Å². The predicted molar refractivity (Wildman–Crippen MR) is 85.4 cm³/mol. The van der Waals surface area contributed by atoms with Gasteiger partial charge in [-0.1, -0.05) is 24.3 Å². The number of benzene rings is 2. The van der Waals surface area contributed by atoms with Crippen molar-refractivity contribution in [2.24, 2.45) is 7.05 Å². The fourth-order valence-electron chi connectivity index (χ4n) is 2.58. The molecule has 0 saturated carbocycles. The van der Waals surface area contributed by atoms with E-state index in [-0.39, 0.29) is 0 Å².